The molecule has 4 rings (SSSR count). The van der Waals surface area contributed by atoms with E-state index in [4.69, 9.17) is 4.74 Å². The molecule has 9 heteroatoms. The minimum Gasteiger partial charge on any atom is -0.455 e. The Balaban J connectivity index is 1.52. The highest BCUT2D eigenvalue weighted by atomic mass is 32.1. The minimum absolute atomic E-state index is 0.0341. The molecular formula is C23H23N3O4S2. The Bertz CT molecular complexity index is 1110. The zero-order valence-corrected chi connectivity index (χ0v) is 19.4. The number of carbonyl (C=O) groups is 3. The molecule has 2 amide bonds. The van der Waals surface area contributed by atoms with E-state index in [1.807, 2.05) is 61.0 Å². The fraction of sp³-hybridized carbons (Fsp3) is 0.304. The molecular weight excluding hydrogens is 446 g/mol. The van der Waals surface area contributed by atoms with Gasteiger partial charge in [0, 0.05) is 22.4 Å². The van der Waals surface area contributed by atoms with Gasteiger partial charge in [0.25, 0.3) is 5.91 Å². The summed E-state index contributed by atoms with van der Waals surface area (Å²) >= 11 is 2.81. The molecule has 166 valence electrons. The van der Waals surface area contributed by atoms with Crippen LogP contribution in [0, 0.1) is 19.8 Å². The predicted molar refractivity (Wildman–Crippen MR) is 125 cm³/mol. The number of thiazole rings is 1. The van der Waals surface area contributed by atoms with Crippen LogP contribution in [0.4, 0.5) is 10.8 Å². The van der Waals surface area contributed by atoms with Gasteiger partial charge >= 0.3 is 5.97 Å². The smallest absolute Gasteiger partial charge is 0.311 e. The first-order valence-electron chi connectivity index (χ1n) is 10.2. The third-order valence-corrected chi connectivity index (χ3v) is 7.08. The van der Waals surface area contributed by atoms with Crippen molar-refractivity contribution in [1.82, 2.24) is 4.98 Å². The van der Waals surface area contributed by atoms with Crippen molar-refractivity contribution in [3.63, 3.8) is 0 Å². The number of nitrogens with one attached hydrogen (secondary N) is 1. The lowest BCUT2D eigenvalue weighted by Crippen LogP contribution is -2.46. The second-order valence-corrected chi connectivity index (χ2v) is 9.49. The molecule has 2 unspecified atom stereocenters. The van der Waals surface area contributed by atoms with Gasteiger partial charge in [0.05, 0.1) is 17.7 Å². The number of carbonyl (C=O) groups excluding carboxylic acids is 3. The lowest BCUT2D eigenvalue weighted by atomic mass is 9.87. The van der Waals surface area contributed by atoms with Crippen molar-refractivity contribution in [3.05, 3.63) is 63.3 Å². The number of rotatable bonds is 6. The van der Waals surface area contributed by atoms with Crippen molar-refractivity contribution >= 4 is 51.3 Å². The van der Waals surface area contributed by atoms with Crippen molar-refractivity contribution in [3.8, 4) is 0 Å². The van der Waals surface area contributed by atoms with Gasteiger partial charge in [-0.25, -0.2) is 4.98 Å². The van der Waals surface area contributed by atoms with Crippen LogP contribution in [-0.4, -0.2) is 29.4 Å². The van der Waals surface area contributed by atoms with Crippen molar-refractivity contribution in [1.29, 1.82) is 0 Å². The number of hydrogen-bond donors (Lipinski definition) is 1. The number of thiophene rings is 1. The van der Waals surface area contributed by atoms with Crippen LogP contribution in [0.5, 0.6) is 0 Å². The number of esters is 1. The summed E-state index contributed by atoms with van der Waals surface area (Å²) in [6, 6.07) is 11.0. The molecule has 3 aromatic rings. The van der Waals surface area contributed by atoms with Gasteiger partial charge in [-0.2, -0.15) is 0 Å². The van der Waals surface area contributed by atoms with Crippen LogP contribution in [0.2, 0.25) is 0 Å². The number of piperidine rings is 1. The van der Waals surface area contributed by atoms with Crippen molar-refractivity contribution < 1.29 is 19.1 Å². The average Bonchev–Trinajstić information content (AvgIpc) is 3.44. The fourth-order valence-corrected chi connectivity index (χ4v) is 5.33. The highest BCUT2D eigenvalue weighted by Gasteiger charge is 2.43. The average molecular weight is 470 g/mol. The van der Waals surface area contributed by atoms with E-state index in [0.717, 1.165) is 21.8 Å². The Morgan fingerprint density at radius 3 is 2.62 bits per heavy atom. The summed E-state index contributed by atoms with van der Waals surface area (Å²) in [5, 5.41) is 6.85. The standard InChI is InChI=1S/C23H23N3O4S2/c1-14-5-7-16(8-6-14)26-20(28)10-9-17(21(26)18-4-3-11-31-18)22(29)30-12-19(27)25-23-24-15(2)13-32-23/h3-8,11,13,17,21H,9-10,12H2,1-2H3,(H,24,25,27). The number of ether oxygens (including phenoxy) is 1. The number of aromatic nitrogens is 1. The van der Waals surface area contributed by atoms with Crippen LogP contribution in [0.15, 0.2) is 47.2 Å². The molecule has 0 radical (unpaired) electrons. The number of hydrogen-bond acceptors (Lipinski definition) is 7. The summed E-state index contributed by atoms with van der Waals surface area (Å²) in [5.74, 6) is -1.53. The second-order valence-electron chi connectivity index (χ2n) is 7.65. The molecule has 1 aliphatic rings. The topological polar surface area (TPSA) is 88.6 Å². The molecule has 0 aliphatic carbocycles. The molecule has 1 aromatic carbocycles. The molecule has 1 N–H and O–H groups in total. The number of anilines is 2. The summed E-state index contributed by atoms with van der Waals surface area (Å²) in [5.41, 5.74) is 2.64. The molecule has 0 spiro atoms. The Morgan fingerprint density at radius 2 is 1.97 bits per heavy atom. The molecule has 3 heterocycles. The van der Waals surface area contributed by atoms with E-state index >= 15 is 0 Å². The molecule has 7 nitrogen and oxygen atoms in total. The van der Waals surface area contributed by atoms with E-state index in [-0.39, 0.29) is 12.3 Å². The van der Waals surface area contributed by atoms with E-state index in [0.29, 0.717) is 11.6 Å². The molecule has 2 aromatic heterocycles. The second kappa shape index (κ2) is 9.62. The van der Waals surface area contributed by atoms with Crippen molar-refractivity contribution in [2.75, 3.05) is 16.8 Å². The minimum atomic E-state index is -0.567. The van der Waals surface area contributed by atoms with Gasteiger partial charge in [-0.3, -0.25) is 19.7 Å². The highest BCUT2D eigenvalue weighted by Crippen LogP contribution is 2.42. The number of amides is 2. The molecule has 1 fully saturated rings. The predicted octanol–water partition coefficient (Wildman–Crippen LogP) is 4.49. The third kappa shape index (κ3) is 4.89. The van der Waals surface area contributed by atoms with Crippen LogP contribution < -0.4 is 10.2 Å². The van der Waals surface area contributed by atoms with Gasteiger partial charge in [0.15, 0.2) is 11.7 Å². The third-order valence-electron chi connectivity index (χ3n) is 5.26. The van der Waals surface area contributed by atoms with Gasteiger partial charge in [0.2, 0.25) is 5.91 Å². The van der Waals surface area contributed by atoms with Crippen LogP contribution in [0.25, 0.3) is 0 Å². The maximum Gasteiger partial charge on any atom is 0.311 e. The van der Waals surface area contributed by atoms with Gasteiger partial charge in [-0.1, -0.05) is 23.8 Å². The van der Waals surface area contributed by atoms with E-state index < -0.39 is 30.4 Å². The van der Waals surface area contributed by atoms with Gasteiger partial charge in [-0.05, 0) is 43.8 Å². The number of benzene rings is 1. The number of aryl methyl sites for hydroxylation is 2. The van der Waals surface area contributed by atoms with E-state index in [9.17, 15) is 14.4 Å². The summed E-state index contributed by atoms with van der Waals surface area (Å²) in [6.45, 7) is 3.42. The molecule has 0 saturated carbocycles. The highest BCUT2D eigenvalue weighted by molar-refractivity contribution is 7.13. The molecule has 0 bridgehead atoms. The summed E-state index contributed by atoms with van der Waals surface area (Å²) in [4.78, 5) is 45.0. The zero-order valence-electron chi connectivity index (χ0n) is 17.7. The Labute approximate surface area is 194 Å². The lowest BCUT2D eigenvalue weighted by Gasteiger charge is -2.39. The van der Waals surface area contributed by atoms with E-state index in [2.05, 4.69) is 10.3 Å². The number of nitrogens with zero attached hydrogens (tertiary/aromatic N) is 2. The summed E-state index contributed by atoms with van der Waals surface area (Å²) in [7, 11) is 0. The summed E-state index contributed by atoms with van der Waals surface area (Å²) in [6.07, 6.45) is 0.607. The van der Waals surface area contributed by atoms with Crippen LogP contribution in [-0.2, 0) is 19.1 Å². The van der Waals surface area contributed by atoms with E-state index in [1.54, 1.807) is 4.90 Å². The SMILES string of the molecule is Cc1ccc(N2C(=O)CCC(C(=O)OCC(=O)Nc3nc(C)cs3)C2c2cccs2)cc1. The quantitative estimate of drug-likeness (QED) is 0.538. The first-order valence-corrected chi connectivity index (χ1v) is 12.0. The van der Waals surface area contributed by atoms with Gasteiger partial charge < -0.3 is 9.64 Å². The molecule has 1 saturated heterocycles. The Morgan fingerprint density at radius 1 is 1.19 bits per heavy atom. The molecule has 1 aliphatic heterocycles. The maximum atomic E-state index is 13.1. The monoisotopic (exact) mass is 469 g/mol. The molecule has 2 atom stereocenters. The van der Waals surface area contributed by atoms with E-state index in [1.165, 1.54) is 22.7 Å². The summed E-state index contributed by atoms with van der Waals surface area (Å²) < 4.78 is 5.38. The van der Waals surface area contributed by atoms with Crippen LogP contribution in [0.1, 0.15) is 35.0 Å². The first-order chi connectivity index (χ1) is 15.4. The zero-order chi connectivity index (χ0) is 22.7. The van der Waals surface area contributed by atoms with Crippen molar-refractivity contribution in [2.24, 2.45) is 5.92 Å². The first kappa shape index (κ1) is 22.2. The Kier molecular flexibility index (Phi) is 6.66. The largest absolute Gasteiger partial charge is 0.455 e. The van der Waals surface area contributed by atoms with Crippen molar-refractivity contribution in [2.45, 2.75) is 32.7 Å². The normalized spacial score (nSPS) is 18.4. The van der Waals surface area contributed by atoms with Gasteiger partial charge in [0.1, 0.15) is 0 Å². The van der Waals surface area contributed by atoms with Gasteiger partial charge in [-0.15, -0.1) is 22.7 Å². The lowest BCUT2D eigenvalue weighted by molar-refractivity contribution is -0.153. The molecule has 32 heavy (non-hydrogen) atoms. The van der Waals surface area contributed by atoms with Crippen LogP contribution >= 0.6 is 22.7 Å². The maximum absolute atomic E-state index is 13.1. The Hall–Kier alpha value is -3.04. The fourth-order valence-electron chi connectivity index (χ4n) is 3.74. The van der Waals surface area contributed by atoms with Crippen LogP contribution in [0.3, 0.4) is 0 Å².